The smallest absolute Gasteiger partial charge is 0.259 e. The van der Waals surface area contributed by atoms with E-state index < -0.39 is 0 Å². The van der Waals surface area contributed by atoms with Crippen LogP contribution in [0.25, 0.3) is 0 Å². The van der Waals surface area contributed by atoms with E-state index in [1.54, 1.807) is 42.5 Å². The predicted octanol–water partition coefficient (Wildman–Crippen LogP) is 3.80. The van der Waals surface area contributed by atoms with E-state index in [2.05, 4.69) is 10.6 Å². The average Bonchev–Trinajstić information content (AvgIpc) is 3.24. The van der Waals surface area contributed by atoms with Gasteiger partial charge in [-0.25, -0.2) is 0 Å². The molecular weight excluding hydrogens is 348 g/mol. The molecule has 7 nitrogen and oxygen atoms in total. The van der Waals surface area contributed by atoms with Crippen LogP contribution >= 0.6 is 0 Å². The van der Waals surface area contributed by atoms with Gasteiger partial charge in [0, 0.05) is 17.7 Å². The van der Waals surface area contributed by atoms with Gasteiger partial charge in [-0.2, -0.15) is 0 Å². The summed E-state index contributed by atoms with van der Waals surface area (Å²) in [6.45, 7) is 0. The van der Waals surface area contributed by atoms with Crippen LogP contribution in [0.2, 0.25) is 0 Å². The zero-order chi connectivity index (χ0) is 19.2. The number of methoxy groups -OCH3 is 2. The van der Waals surface area contributed by atoms with Crippen molar-refractivity contribution in [3.05, 3.63) is 72.2 Å². The average molecular weight is 366 g/mol. The minimum atomic E-state index is -0.356. The maximum absolute atomic E-state index is 12.4. The molecule has 2 aromatic carbocycles. The number of carbonyl (C=O) groups excluding carboxylic acids is 2. The number of hydrogen-bond acceptors (Lipinski definition) is 5. The van der Waals surface area contributed by atoms with Crippen LogP contribution in [0, 0.1) is 0 Å². The lowest BCUT2D eigenvalue weighted by Gasteiger charge is -2.16. The molecule has 0 aliphatic heterocycles. The Bertz CT molecular complexity index is 937. The maximum atomic E-state index is 12.4. The number of anilines is 2. The van der Waals surface area contributed by atoms with Crippen LogP contribution in [0.4, 0.5) is 11.4 Å². The van der Waals surface area contributed by atoms with Crippen molar-refractivity contribution in [2.45, 2.75) is 0 Å². The van der Waals surface area contributed by atoms with Crippen LogP contribution in [0.1, 0.15) is 20.7 Å². The van der Waals surface area contributed by atoms with Gasteiger partial charge in [0.25, 0.3) is 11.8 Å². The van der Waals surface area contributed by atoms with Gasteiger partial charge in [0.2, 0.25) is 0 Å². The lowest BCUT2D eigenvalue weighted by atomic mass is 10.2. The van der Waals surface area contributed by atoms with E-state index >= 15 is 0 Å². The molecule has 2 N–H and O–H groups in total. The number of amides is 2. The van der Waals surface area contributed by atoms with Gasteiger partial charge in [-0.15, -0.1) is 0 Å². The van der Waals surface area contributed by atoms with Crippen molar-refractivity contribution < 1.29 is 23.5 Å². The van der Waals surface area contributed by atoms with E-state index in [1.165, 1.54) is 26.7 Å². The quantitative estimate of drug-likeness (QED) is 0.692. The fourth-order valence-corrected chi connectivity index (χ4v) is 2.47. The SMILES string of the molecule is COc1cc(NC(=O)c2ccoc2)c(OC)cc1NC(=O)c1ccccc1. The highest BCUT2D eigenvalue weighted by Gasteiger charge is 2.17. The second-order valence-electron chi connectivity index (χ2n) is 5.54. The van der Waals surface area contributed by atoms with Crippen molar-refractivity contribution in [1.29, 1.82) is 0 Å². The molecule has 0 saturated carbocycles. The monoisotopic (exact) mass is 366 g/mol. The Morgan fingerprint density at radius 1 is 0.815 bits per heavy atom. The third-order valence-corrected chi connectivity index (χ3v) is 3.84. The molecule has 2 amide bonds. The van der Waals surface area contributed by atoms with Gasteiger partial charge in [0.05, 0.1) is 37.4 Å². The van der Waals surface area contributed by atoms with Crippen molar-refractivity contribution >= 4 is 23.2 Å². The summed E-state index contributed by atoms with van der Waals surface area (Å²) in [6, 6.07) is 13.5. The van der Waals surface area contributed by atoms with Crippen LogP contribution in [0.15, 0.2) is 65.5 Å². The van der Waals surface area contributed by atoms with Crippen molar-refractivity contribution in [3.8, 4) is 11.5 Å². The molecule has 1 aromatic heterocycles. The van der Waals surface area contributed by atoms with Crippen molar-refractivity contribution in [1.82, 2.24) is 0 Å². The molecule has 7 heteroatoms. The summed E-state index contributed by atoms with van der Waals surface area (Å²) in [5, 5.41) is 5.52. The molecule has 27 heavy (non-hydrogen) atoms. The van der Waals surface area contributed by atoms with Crippen LogP contribution < -0.4 is 20.1 Å². The van der Waals surface area contributed by atoms with E-state index in [9.17, 15) is 9.59 Å². The molecule has 3 aromatic rings. The van der Waals surface area contributed by atoms with Gasteiger partial charge in [-0.1, -0.05) is 18.2 Å². The first-order valence-electron chi connectivity index (χ1n) is 8.08. The maximum Gasteiger partial charge on any atom is 0.259 e. The normalized spacial score (nSPS) is 10.1. The Balaban J connectivity index is 1.87. The summed E-state index contributed by atoms with van der Waals surface area (Å²) >= 11 is 0. The minimum Gasteiger partial charge on any atom is -0.494 e. The highest BCUT2D eigenvalue weighted by Crippen LogP contribution is 2.37. The number of hydrogen-bond donors (Lipinski definition) is 2. The highest BCUT2D eigenvalue weighted by molar-refractivity contribution is 6.07. The van der Waals surface area contributed by atoms with Crippen molar-refractivity contribution in [3.63, 3.8) is 0 Å². The first-order chi connectivity index (χ1) is 13.1. The highest BCUT2D eigenvalue weighted by atomic mass is 16.5. The van der Waals surface area contributed by atoms with Crippen molar-refractivity contribution in [2.75, 3.05) is 24.9 Å². The number of nitrogens with one attached hydrogen (secondary N) is 2. The zero-order valence-corrected chi connectivity index (χ0v) is 14.8. The molecular formula is C20H18N2O5. The second-order valence-corrected chi connectivity index (χ2v) is 5.54. The summed E-state index contributed by atoms with van der Waals surface area (Å²) in [7, 11) is 2.94. The van der Waals surface area contributed by atoms with Crippen LogP contribution in [0.5, 0.6) is 11.5 Å². The van der Waals surface area contributed by atoms with Gasteiger partial charge < -0.3 is 24.5 Å². The summed E-state index contributed by atoms with van der Waals surface area (Å²) in [5.74, 6) is 0.106. The standard InChI is InChI=1S/C20H18N2O5/c1-25-17-11-16(22-20(24)14-8-9-27-12-14)18(26-2)10-15(17)21-19(23)13-6-4-3-5-7-13/h3-12H,1-2H3,(H,21,23)(H,22,24). The molecule has 1 heterocycles. The second kappa shape index (κ2) is 8.09. The Hall–Kier alpha value is -3.74. The Labute approximate surface area is 155 Å². The van der Waals surface area contributed by atoms with Gasteiger partial charge in [0.15, 0.2) is 0 Å². The van der Waals surface area contributed by atoms with Gasteiger partial charge >= 0.3 is 0 Å². The summed E-state index contributed by atoms with van der Waals surface area (Å²) < 4.78 is 15.6. The largest absolute Gasteiger partial charge is 0.494 e. The van der Waals surface area contributed by atoms with Crippen LogP contribution in [-0.4, -0.2) is 26.0 Å². The van der Waals surface area contributed by atoms with Crippen LogP contribution in [-0.2, 0) is 0 Å². The topological polar surface area (TPSA) is 89.8 Å². The zero-order valence-electron chi connectivity index (χ0n) is 14.8. The summed E-state index contributed by atoms with van der Waals surface area (Å²) in [4.78, 5) is 24.7. The van der Waals surface area contributed by atoms with Gasteiger partial charge in [-0.05, 0) is 18.2 Å². The lowest BCUT2D eigenvalue weighted by molar-refractivity contribution is 0.101. The number of ether oxygens (including phenoxy) is 2. The third-order valence-electron chi connectivity index (χ3n) is 3.84. The molecule has 0 radical (unpaired) electrons. The molecule has 0 spiro atoms. The first-order valence-corrected chi connectivity index (χ1v) is 8.08. The summed E-state index contributed by atoms with van der Waals surface area (Å²) in [5.41, 5.74) is 1.70. The molecule has 138 valence electrons. The molecule has 0 bridgehead atoms. The van der Waals surface area contributed by atoms with E-state index in [-0.39, 0.29) is 11.8 Å². The van der Waals surface area contributed by atoms with Crippen LogP contribution in [0.3, 0.4) is 0 Å². The fourth-order valence-electron chi connectivity index (χ4n) is 2.47. The fraction of sp³-hybridized carbons (Fsp3) is 0.100. The number of carbonyl (C=O) groups is 2. The number of rotatable bonds is 6. The van der Waals surface area contributed by atoms with Gasteiger partial charge in [0.1, 0.15) is 17.8 Å². The predicted molar refractivity (Wildman–Crippen MR) is 101 cm³/mol. The van der Waals surface area contributed by atoms with E-state index in [1.807, 2.05) is 6.07 Å². The third kappa shape index (κ3) is 4.09. The first kappa shape index (κ1) is 18.1. The molecule has 0 saturated heterocycles. The molecule has 0 aliphatic rings. The van der Waals surface area contributed by atoms with Gasteiger partial charge in [-0.3, -0.25) is 9.59 Å². The van der Waals surface area contributed by atoms with E-state index in [0.29, 0.717) is 34.0 Å². The molecule has 3 rings (SSSR count). The van der Waals surface area contributed by atoms with E-state index in [0.717, 1.165) is 0 Å². The molecule has 0 unspecified atom stereocenters. The lowest BCUT2D eigenvalue weighted by Crippen LogP contribution is -2.14. The van der Waals surface area contributed by atoms with E-state index in [4.69, 9.17) is 13.9 Å². The Kier molecular flexibility index (Phi) is 5.41. The molecule has 0 atom stereocenters. The van der Waals surface area contributed by atoms with Crippen molar-refractivity contribution in [2.24, 2.45) is 0 Å². The summed E-state index contributed by atoms with van der Waals surface area (Å²) in [6.07, 6.45) is 2.75. The Morgan fingerprint density at radius 2 is 1.37 bits per heavy atom. The number of furan rings is 1. The minimum absolute atomic E-state index is 0.286. The molecule has 0 aliphatic carbocycles. The number of benzene rings is 2. The Morgan fingerprint density at radius 3 is 1.85 bits per heavy atom. The molecule has 0 fully saturated rings.